The number of halogens is 1. The van der Waals surface area contributed by atoms with Crippen LogP contribution in [0.3, 0.4) is 0 Å². The molecule has 5 heteroatoms. The number of carboxylic acid groups (broad SMARTS) is 1. The third-order valence-electron chi connectivity index (χ3n) is 1.27. The van der Waals surface area contributed by atoms with Gasteiger partial charge in [0.05, 0.1) is 6.21 Å². The van der Waals surface area contributed by atoms with E-state index in [0.29, 0.717) is 10.6 Å². The minimum atomic E-state index is -1.21. The Morgan fingerprint density at radius 3 is 2.85 bits per heavy atom. The SMILES string of the molecule is O=C(O)NN=Cc1ccccc1Cl. The van der Waals surface area contributed by atoms with Crippen LogP contribution in [0.15, 0.2) is 29.4 Å². The summed E-state index contributed by atoms with van der Waals surface area (Å²) in [4.78, 5) is 10.0. The van der Waals surface area contributed by atoms with Gasteiger partial charge in [-0.3, -0.25) is 0 Å². The highest BCUT2D eigenvalue weighted by atomic mass is 35.5. The molecule has 0 aliphatic carbocycles. The molecular formula is C8H7ClN2O2. The van der Waals surface area contributed by atoms with E-state index in [4.69, 9.17) is 16.7 Å². The molecule has 4 nitrogen and oxygen atoms in total. The molecule has 0 saturated carbocycles. The van der Waals surface area contributed by atoms with Crippen LogP contribution < -0.4 is 5.43 Å². The first-order chi connectivity index (χ1) is 6.20. The van der Waals surface area contributed by atoms with Gasteiger partial charge in [0, 0.05) is 10.6 Å². The highest BCUT2D eigenvalue weighted by molar-refractivity contribution is 6.33. The molecule has 1 aromatic carbocycles. The second-order valence-electron chi connectivity index (χ2n) is 2.20. The van der Waals surface area contributed by atoms with Crippen LogP contribution in [0, 0.1) is 0 Å². The zero-order chi connectivity index (χ0) is 9.68. The molecule has 0 aromatic heterocycles. The molecule has 0 bridgehead atoms. The van der Waals surface area contributed by atoms with Crippen molar-refractivity contribution < 1.29 is 9.90 Å². The van der Waals surface area contributed by atoms with E-state index in [1.165, 1.54) is 6.21 Å². The van der Waals surface area contributed by atoms with Crippen LogP contribution in [0.2, 0.25) is 5.02 Å². The molecule has 0 spiro atoms. The van der Waals surface area contributed by atoms with Crippen molar-refractivity contribution in [3.63, 3.8) is 0 Å². The Morgan fingerprint density at radius 1 is 1.54 bits per heavy atom. The van der Waals surface area contributed by atoms with E-state index >= 15 is 0 Å². The molecule has 0 fully saturated rings. The smallest absolute Gasteiger partial charge is 0.425 e. The number of benzene rings is 1. The van der Waals surface area contributed by atoms with Gasteiger partial charge in [-0.1, -0.05) is 29.8 Å². The molecule has 0 saturated heterocycles. The number of nitrogens with zero attached hydrogens (tertiary/aromatic N) is 1. The summed E-state index contributed by atoms with van der Waals surface area (Å²) in [5, 5.41) is 12.2. The first kappa shape index (κ1) is 9.54. The van der Waals surface area contributed by atoms with Crippen molar-refractivity contribution in [2.75, 3.05) is 0 Å². The van der Waals surface area contributed by atoms with Crippen molar-refractivity contribution in [3.05, 3.63) is 34.9 Å². The van der Waals surface area contributed by atoms with E-state index in [2.05, 4.69) is 5.10 Å². The summed E-state index contributed by atoms with van der Waals surface area (Å²) >= 11 is 5.77. The van der Waals surface area contributed by atoms with Crippen LogP contribution in [0.5, 0.6) is 0 Å². The summed E-state index contributed by atoms with van der Waals surface area (Å²) < 4.78 is 0. The predicted molar refractivity (Wildman–Crippen MR) is 50.2 cm³/mol. The molecule has 2 N–H and O–H groups in total. The van der Waals surface area contributed by atoms with Crippen LogP contribution >= 0.6 is 11.6 Å². The van der Waals surface area contributed by atoms with Crippen LogP contribution in [0.4, 0.5) is 4.79 Å². The Kier molecular flexibility index (Phi) is 3.28. The third-order valence-corrected chi connectivity index (χ3v) is 1.61. The van der Waals surface area contributed by atoms with Crippen molar-refractivity contribution in [2.45, 2.75) is 0 Å². The number of hydrazone groups is 1. The average Bonchev–Trinajstić information content (AvgIpc) is 2.08. The lowest BCUT2D eigenvalue weighted by molar-refractivity contribution is 0.195. The molecule has 0 aliphatic rings. The van der Waals surface area contributed by atoms with E-state index in [9.17, 15) is 4.79 Å². The van der Waals surface area contributed by atoms with Gasteiger partial charge in [-0.25, -0.2) is 10.2 Å². The average molecular weight is 199 g/mol. The Morgan fingerprint density at radius 2 is 2.23 bits per heavy atom. The molecule has 0 aliphatic heterocycles. The van der Waals surface area contributed by atoms with Gasteiger partial charge in [0.25, 0.3) is 0 Å². The molecule has 68 valence electrons. The summed E-state index contributed by atoms with van der Waals surface area (Å²) in [6, 6.07) is 7.00. The standard InChI is InChI=1S/C8H7ClN2O2/c9-7-4-2-1-3-6(7)5-10-11-8(12)13/h1-5,11H,(H,12,13). The zero-order valence-corrected chi connectivity index (χ0v) is 7.32. The fourth-order valence-corrected chi connectivity index (χ4v) is 0.921. The van der Waals surface area contributed by atoms with E-state index in [1.807, 2.05) is 5.43 Å². The number of rotatable bonds is 2. The third kappa shape index (κ3) is 3.13. The number of nitrogens with one attached hydrogen (secondary N) is 1. The second-order valence-corrected chi connectivity index (χ2v) is 2.60. The van der Waals surface area contributed by atoms with E-state index in [1.54, 1.807) is 24.3 Å². The maximum atomic E-state index is 10.0. The Hall–Kier alpha value is -1.55. The van der Waals surface area contributed by atoms with Gasteiger partial charge in [0.15, 0.2) is 0 Å². The van der Waals surface area contributed by atoms with Crippen molar-refractivity contribution in [3.8, 4) is 0 Å². The zero-order valence-electron chi connectivity index (χ0n) is 6.57. The minimum Gasteiger partial charge on any atom is -0.464 e. The number of carbonyl (C=O) groups is 1. The molecular weight excluding hydrogens is 192 g/mol. The summed E-state index contributed by atoms with van der Waals surface area (Å²) in [5.74, 6) is 0. The highest BCUT2D eigenvalue weighted by Gasteiger charge is 1.94. The molecule has 13 heavy (non-hydrogen) atoms. The van der Waals surface area contributed by atoms with Crippen molar-refractivity contribution in [1.82, 2.24) is 5.43 Å². The van der Waals surface area contributed by atoms with Gasteiger partial charge in [-0.05, 0) is 6.07 Å². The molecule has 0 unspecified atom stereocenters. The normalized spacial score (nSPS) is 10.2. The summed E-state index contributed by atoms with van der Waals surface area (Å²) in [6.07, 6.45) is 0.138. The molecule has 1 amide bonds. The van der Waals surface area contributed by atoms with Gasteiger partial charge in [-0.2, -0.15) is 5.10 Å². The van der Waals surface area contributed by atoms with Crippen LogP contribution in [0.25, 0.3) is 0 Å². The number of hydrogen-bond acceptors (Lipinski definition) is 2. The summed E-state index contributed by atoms with van der Waals surface area (Å²) in [5.41, 5.74) is 2.51. The highest BCUT2D eigenvalue weighted by Crippen LogP contribution is 2.11. The van der Waals surface area contributed by atoms with Crippen LogP contribution in [-0.2, 0) is 0 Å². The largest absolute Gasteiger partial charge is 0.464 e. The fraction of sp³-hybridized carbons (Fsp3) is 0. The monoisotopic (exact) mass is 198 g/mol. The van der Waals surface area contributed by atoms with Gasteiger partial charge >= 0.3 is 6.09 Å². The first-order valence-electron chi connectivity index (χ1n) is 3.46. The fourth-order valence-electron chi connectivity index (χ4n) is 0.737. The van der Waals surface area contributed by atoms with Crippen molar-refractivity contribution >= 4 is 23.9 Å². The van der Waals surface area contributed by atoms with Gasteiger partial charge < -0.3 is 5.11 Å². The van der Waals surface area contributed by atoms with Crippen molar-refractivity contribution in [2.24, 2.45) is 5.10 Å². The Bertz CT molecular complexity index is 339. The van der Waals surface area contributed by atoms with Crippen molar-refractivity contribution in [1.29, 1.82) is 0 Å². The lowest BCUT2D eigenvalue weighted by Crippen LogP contribution is -2.13. The van der Waals surface area contributed by atoms with E-state index in [0.717, 1.165) is 0 Å². The maximum Gasteiger partial charge on any atom is 0.425 e. The van der Waals surface area contributed by atoms with Crippen LogP contribution in [0.1, 0.15) is 5.56 Å². The quantitative estimate of drug-likeness (QED) is 0.564. The van der Waals surface area contributed by atoms with Gasteiger partial charge in [0.2, 0.25) is 0 Å². The van der Waals surface area contributed by atoms with E-state index in [-0.39, 0.29) is 0 Å². The molecule has 0 atom stereocenters. The lowest BCUT2D eigenvalue weighted by atomic mass is 10.2. The molecule has 1 rings (SSSR count). The lowest BCUT2D eigenvalue weighted by Gasteiger charge is -1.95. The topological polar surface area (TPSA) is 61.7 Å². The predicted octanol–water partition coefficient (Wildman–Crippen LogP) is 1.94. The van der Waals surface area contributed by atoms with Crippen LogP contribution in [-0.4, -0.2) is 17.4 Å². The molecule has 0 radical (unpaired) electrons. The second kappa shape index (κ2) is 4.47. The first-order valence-corrected chi connectivity index (χ1v) is 3.84. The summed E-state index contributed by atoms with van der Waals surface area (Å²) in [6.45, 7) is 0. The number of hydrogen-bond donors (Lipinski definition) is 2. The minimum absolute atomic E-state index is 0.526. The summed E-state index contributed by atoms with van der Waals surface area (Å²) in [7, 11) is 0. The number of amides is 1. The molecule has 0 heterocycles. The van der Waals surface area contributed by atoms with Gasteiger partial charge in [-0.15, -0.1) is 0 Å². The van der Waals surface area contributed by atoms with E-state index < -0.39 is 6.09 Å². The molecule has 1 aromatic rings. The Labute approximate surface area is 79.8 Å². The van der Waals surface area contributed by atoms with Gasteiger partial charge in [0.1, 0.15) is 0 Å². The maximum absolute atomic E-state index is 10.0. The Balaban J connectivity index is 2.68.